The van der Waals surface area contributed by atoms with Crippen LogP contribution in [0.3, 0.4) is 0 Å². The molecule has 0 spiro atoms. The highest BCUT2D eigenvalue weighted by molar-refractivity contribution is 8.13. The van der Waals surface area contributed by atoms with Crippen LogP contribution in [0, 0.1) is 5.41 Å². The molecule has 2 nitrogen and oxygen atoms in total. The van der Waals surface area contributed by atoms with Crippen LogP contribution in [0.25, 0.3) is 0 Å². The Kier molecular flexibility index (Phi) is 3.44. The zero-order valence-corrected chi connectivity index (χ0v) is 8.17. The summed E-state index contributed by atoms with van der Waals surface area (Å²) in [5.41, 5.74) is 0.849. The number of anilines is 1. The summed E-state index contributed by atoms with van der Waals surface area (Å²) in [7, 11) is 0. The van der Waals surface area contributed by atoms with E-state index in [1.54, 1.807) is 12.1 Å². The predicted molar refractivity (Wildman–Crippen MR) is 56.3 cm³/mol. The van der Waals surface area contributed by atoms with Crippen LogP contribution >= 0.6 is 23.4 Å². The normalized spacial score (nSPS) is 9.50. The van der Waals surface area contributed by atoms with E-state index >= 15 is 0 Å². The van der Waals surface area contributed by atoms with E-state index in [-0.39, 0.29) is 0 Å². The molecule has 0 aliphatic carbocycles. The molecular weight excluding hydrogens is 192 g/mol. The maximum atomic E-state index is 7.35. The lowest BCUT2D eigenvalue weighted by molar-refractivity contribution is 1.52. The number of benzene rings is 1. The van der Waals surface area contributed by atoms with E-state index in [1.165, 1.54) is 11.8 Å². The first kappa shape index (κ1) is 9.42. The Hall–Kier alpha value is -0.670. The molecule has 1 rings (SSSR count). The average molecular weight is 201 g/mol. The number of nitrogens with one attached hydrogen (secondary N) is 2. The van der Waals surface area contributed by atoms with Gasteiger partial charge < -0.3 is 5.32 Å². The summed E-state index contributed by atoms with van der Waals surface area (Å²) < 4.78 is 0. The molecule has 0 heterocycles. The topological polar surface area (TPSA) is 35.9 Å². The van der Waals surface area contributed by atoms with Gasteiger partial charge in [-0.1, -0.05) is 29.4 Å². The maximum Gasteiger partial charge on any atom is 0.157 e. The van der Waals surface area contributed by atoms with Crippen molar-refractivity contribution in [3.05, 3.63) is 29.3 Å². The van der Waals surface area contributed by atoms with Gasteiger partial charge >= 0.3 is 0 Å². The smallest absolute Gasteiger partial charge is 0.157 e. The van der Waals surface area contributed by atoms with Gasteiger partial charge in [-0.2, -0.15) is 0 Å². The van der Waals surface area contributed by atoms with Gasteiger partial charge in [-0.15, -0.1) is 0 Å². The van der Waals surface area contributed by atoms with Crippen molar-refractivity contribution in [1.29, 1.82) is 5.41 Å². The van der Waals surface area contributed by atoms with E-state index in [1.807, 2.05) is 18.4 Å². The Morgan fingerprint density at radius 3 is 2.92 bits per heavy atom. The van der Waals surface area contributed by atoms with Gasteiger partial charge in [0.05, 0.1) is 0 Å². The molecule has 12 heavy (non-hydrogen) atoms. The fourth-order valence-electron chi connectivity index (χ4n) is 0.748. The van der Waals surface area contributed by atoms with Crippen LogP contribution in [0.5, 0.6) is 0 Å². The van der Waals surface area contributed by atoms with Gasteiger partial charge in [0.1, 0.15) is 0 Å². The molecule has 0 aliphatic rings. The molecule has 4 heteroatoms. The van der Waals surface area contributed by atoms with E-state index in [2.05, 4.69) is 5.32 Å². The van der Waals surface area contributed by atoms with Crippen LogP contribution in [0.2, 0.25) is 5.02 Å². The van der Waals surface area contributed by atoms with E-state index in [0.717, 1.165) is 5.69 Å². The highest BCUT2D eigenvalue weighted by atomic mass is 35.5. The minimum absolute atomic E-state index is 0.414. The van der Waals surface area contributed by atoms with Gasteiger partial charge in [0.15, 0.2) is 5.17 Å². The van der Waals surface area contributed by atoms with Crippen LogP contribution in [0.1, 0.15) is 0 Å². The van der Waals surface area contributed by atoms with Gasteiger partial charge in [0.25, 0.3) is 0 Å². The molecule has 2 N–H and O–H groups in total. The summed E-state index contributed by atoms with van der Waals surface area (Å²) in [4.78, 5) is 0. The molecule has 0 radical (unpaired) electrons. The summed E-state index contributed by atoms with van der Waals surface area (Å²) in [6, 6.07) is 7.30. The third-order valence-electron chi connectivity index (χ3n) is 1.29. The quantitative estimate of drug-likeness (QED) is 0.540. The van der Waals surface area contributed by atoms with Gasteiger partial charge in [0, 0.05) is 10.7 Å². The molecule has 0 aromatic heterocycles. The molecule has 0 aliphatic heterocycles. The highest BCUT2D eigenvalue weighted by Crippen LogP contribution is 2.15. The number of amidine groups is 1. The largest absolute Gasteiger partial charge is 0.335 e. The second kappa shape index (κ2) is 4.38. The van der Waals surface area contributed by atoms with Gasteiger partial charge in [-0.25, -0.2) is 0 Å². The molecular formula is C8H9ClN2S. The Morgan fingerprint density at radius 1 is 1.58 bits per heavy atom. The third-order valence-corrected chi connectivity index (χ3v) is 2.03. The number of thioether (sulfide) groups is 1. The van der Waals surface area contributed by atoms with Gasteiger partial charge in [0.2, 0.25) is 0 Å². The molecule has 1 aromatic carbocycles. The number of hydrogen-bond donors (Lipinski definition) is 2. The summed E-state index contributed by atoms with van der Waals surface area (Å²) in [5, 5.41) is 11.3. The van der Waals surface area contributed by atoms with Crippen molar-refractivity contribution in [2.24, 2.45) is 0 Å². The lowest BCUT2D eigenvalue weighted by atomic mass is 10.3. The highest BCUT2D eigenvalue weighted by Gasteiger charge is 1.95. The fraction of sp³-hybridized carbons (Fsp3) is 0.125. The van der Waals surface area contributed by atoms with Crippen molar-refractivity contribution in [3.8, 4) is 0 Å². The molecule has 0 unspecified atom stereocenters. The Bertz CT molecular complexity index is 288. The van der Waals surface area contributed by atoms with Gasteiger partial charge in [-0.05, 0) is 24.5 Å². The van der Waals surface area contributed by atoms with E-state index in [4.69, 9.17) is 17.0 Å². The Labute approximate surface area is 80.8 Å². The number of halogens is 1. The van der Waals surface area contributed by atoms with Crippen LogP contribution in [0.15, 0.2) is 24.3 Å². The number of rotatable bonds is 1. The summed E-state index contributed by atoms with van der Waals surface area (Å²) in [6.45, 7) is 0. The third kappa shape index (κ3) is 2.75. The van der Waals surface area contributed by atoms with Crippen molar-refractivity contribution in [2.75, 3.05) is 11.6 Å². The molecule has 1 aromatic rings. The molecule has 0 bridgehead atoms. The summed E-state index contributed by atoms with van der Waals surface area (Å²) in [6.07, 6.45) is 1.85. The lowest BCUT2D eigenvalue weighted by Gasteiger charge is -2.04. The fourth-order valence-corrected chi connectivity index (χ4v) is 1.16. The number of hydrogen-bond acceptors (Lipinski definition) is 2. The molecule has 0 fully saturated rings. The summed E-state index contributed by atoms with van der Waals surface area (Å²) in [5.74, 6) is 0. The van der Waals surface area contributed by atoms with Crippen LogP contribution < -0.4 is 5.32 Å². The lowest BCUT2D eigenvalue weighted by Crippen LogP contribution is -2.04. The maximum absolute atomic E-state index is 7.35. The SMILES string of the molecule is CSC(=N)Nc1cccc(Cl)c1. The first-order chi connectivity index (χ1) is 5.72. The monoisotopic (exact) mass is 200 g/mol. The molecule has 0 saturated heterocycles. The van der Waals surface area contributed by atoms with E-state index in [9.17, 15) is 0 Å². The first-order valence-electron chi connectivity index (χ1n) is 3.37. The van der Waals surface area contributed by atoms with Crippen molar-refractivity contribution in [3.63, 3.8) is 0 Å². The van der Waals surface area contributed by atoms with Crippen LogP contribution in [-0.2, 0) is 0 Å². The minimum Gasteiger partial charge on any atom is -0.335 e. The zero-order valence-electron chi connectivity index (χ0n) is 6.60. The first-order valence-corrected chi connectivity index (χ1v) is 4.98. The van der Waals surface area contributed by atoms with Crippen LogP contribution in [-0.4, -0.2) is 11.4 Å². The molecule has 0 amide bonds. The van der Waals surface area contributed by atoms with Gasteiger partial charge in [-0.3, -0.25) is 5.41 Å². The Morgan fingerprint density at radius 2 is 2.33 bits per heavy atom. The second-order valence-electron chi connectivity index (χ2n) is 2.17. The van der Waals surface area contributed by atoms with Crippen LogP contribution in [0.4, 0.5) is 5.69 Å². The zero-order chi connectivity index (χ0) is 8.97. The Balaban J connectivity index is 2.69. The molecule has 0 atom stereocenters. The van der Waals surface area contributed by atoms with E-state index < -0.39 is 0 Å². The van der Waals surface area contributed by atoms with E-state index in [0.29, 0.717) is 10.2 Å². The second-order valence-corrected chi connectivity index (χ2v) is 3.42. The standard InChI is InChI=1S/C8H9ClN2S/c1-12-8(10)11-7-4-2-3-6(9)5-7/h2-5H,1H3,(H2,10,11). The average Bonchev–Trinajstić information content (AvgIpc) is 2.04. The van der Waals surface area contributed by atoms with Crippen molar-refractivity contribution in [2.45, 2.75) is 0 Å². The minimum atomic E-state index is 0.414. The van der Waals surface area contributed by atoms with Crippen molar-refractivity contribution < 1.29 is 0 Å². The summed E-state index contributed by atoms with van der Waals surface area (Å²) >= 11 is 7.11. The van der Waals surface area contributed by atoms with Crippen molar-refractivity contribution >= 4 is 34.2 Å². The molecule has 0 saturated carbocycles. The predicted octanol–water partition coefficient (Wildman–Crippen LogP) is 3.05. The van der Waals surface area contributed by atoms with Crippen molar-refractivity contribution in [1.82, 2.24) is 0 Å². The molecule has 64 valence electrons.